The van der Waals surface area contributed by atoms with E-state index in [-0.39, 0.29) is 17.9 Å². The second-order valence-corrected chi connectivity index (χ2v) is 14.6. The van der Waals surface area contributed by atoms with Crippen molar-refractivity contribution in [2.45, 2.75) is 72.4 Å². The van der Waals surface area contributed by atoms with Crippen LogP contribution in [0, 0.1) is 10.8 Å². The molecule has 0 unspecified atom stereocenters. The molecule has 9 heteroatoms. The van der Waals surface area contributed by atoms with E-state index in [1.807, 2.05) is 32.9 Å². The van der Waals surface area contributed by atoms with Crippen molar-refractivity contribution in [3.8, 4) is 0 Å². The quantitative estimate of drug-likeness (QED) is 0.313. The zero-order chi connectivity index (χ0) is 29.1. The van der Waals surface area contributed by atoms with E-state index in [4.69, 9.17) is 23.2 Å². The summed E-state index contributed by atoms with van der Waals surface area (Å²) in [6, 6.07) is 5.85. The first-order valence-corrected chi connectivity index (χ1v) is 15.2. The monoisotopic (exact) mass is 583 g/mol. The molecule has 38 heavy (non-hydrogen) atoms. The van der Waals surface area contributed by atoms with Gasteiger partial charge in [0.15, 0.2) is 9.84 Å². The molecule has 1 aliphatic rings. The number of rotatable bonds is 10. The van der Waals surface area contributed by atoms with Crippen molar-refractivity contribution < 1.29 is 23.1 Å². The minimum atomic E-state index is -3.51. The molecule has 0 aliphatic carbocycles. The van der Waals surface area contributed by atoms with Crippen LogP contribution in [-0.4, -0.2) is 53.9 Å². The minimum Gasteiger partial charge on any atom is -0.481 e. The normalized spacial score (nSPS) is 24.1. The third-order valence-corrected chi connectivity index (χ3v) is 9.50. The van der Waals surface area contributed by atoms with Crippen LogP contribution < -0.4 is 0 Å². The topological polar surface area (TPSA) is 91.8 Å². The van der Waals surface area contributed by atoms with Gasteiger partial charge in [-0.15, -0.1) is 0 Å². The number of halogens is 2. The lowest BCUT2D eigenvalue weighted by atomic mass is 9.66. The van der Waals surface area contributed by atoms with Crippen LogP contribution in [-0.2, 0) is 19.4 Å². The number of amides is 1. The van der Waals surface area contributed by atoms with Gasteiger partial charge >= 0.3 is 5.97 Å². The molecule has 4 atom stereocenters. The summed E-state index contributed by atoms with van der Waals surface area (Å²) < 4.78 is 25.9. The molecule has 0 spiro atoms. The molecule has 6 nitrogen and oxygen atoms in total. The highest BCUT2D eigenvalue weighted by Crippen LogP contribution is 2.49. The van der Waals surface area contributed by atoms with Crippen LogP contribution in [0.15, 0.2) is 59.7 Å². The number of carbonyl (C=O) groups excluding carboxylic acids is 1. The average molecular weight is 585 g/mol. The first-order chi connectivity index (χ1) is 17.5. The lowest BCUT2D eigenvalue weighted by Crippen LogP contribution is -2.64. The van der Waals surface area contributed by atoms with Gasteiger partial charge in [0.1, 0.15) is 0 Å². The molecule has 1 heterocycles. The highest BCUT2D eigenvalue weighted by atomic mass is 35.5. The van der Waals surface area contributed by atoms with E-state index in [1.165, 1.54) is 0 Å². The Morgan fingerprint density at radius 2 is 1.95 bits per heavy atom. The number of hydrogen-bond acceptors (Lipinski definition) is 4. The van der Waals surface area contributed by atoms with Crippen molar-refractivity contribution in [1.29, 1.82) is 0 Å². The highest BCUT2D eigenvalue weighted by molar-refractivity contribution is 7.91. The number of piperidine rings is 1. The van der Waals surface area contributed by atoms with E-state index in [0.29, 0.717) is 15.6 Å². The summed E-state index contributed by atoms with van der Waals surface area (Å²) in [6.45, 7) is 15.0. The van der Waals surface area contributed by atoms with E-state index in [9.17, 15) is 23.1 Å². The van der Waals surface area contributed by atoms with Crippen LogP contribution >= 0.6 is 23.2 Å². The summed E-state index contributed by atoms with van der Waals surface area (Å²) in [7, 11) is -3.51. The number of carboxylic acid groups (broad SMARTS) is 1. The smallest absolute Gasteiger partial charge is 0.304 e. The summed E-state index contributed by atoms with van der Waals surface area (Å²) in [5.74, 6) is -2.23. The number of carbonyl (C=O) groups is 2. The molecule has 210 valence electrons. The first kappa shape index (κ1) is 32.1. The van der Waals surface area contributed by atoms with Gasteiger partial charge in [0.25, 0.3) is 0 Å². The van der Waals surface area contributed by atoms with Crippen molar-refractivity contribution in [2.24, 2.45) is 10.8 Å². The standard InChI is InChI=1S/C29H39Cl2NO5S/c1-8-21(30)14-13-19(3)26-23(20-11-10-12-22(31)15-20)16-29(7,17-25(33)34)27(35)32(26)24(28(4,5)6)18-38(36,37)9-2/h8,10-15,23-24,26H,3,9,16-18H2,1-2,4-7H3,(H,33,34)/b14-13-,21-8+/t23-,24-,26-,29-/m1/s1. The number of likely N-dealkylation sites (tertiary alicyclic amines) is 1. The molecule has 0 bridgehead atoms. The summed E-state index contributed by atoms with van der Waals surface area (Å²) in [4.78, 5) is 27.9. The average Bonchev–Trinajstić information content (AvgIpc) is 2.81. The summed E-state index contributed by atoms with van der Waals surface area (Å²) in [5.41, 5.74) is -0.556. The molecule has 1 aromatic carbocycles. The largest absolute Gasteiger partial charge is 0.481 e. The van der Waals surface area contributed by atoms with Gasteiger partial charge < -0.3 is 10.0 Å². The van der Waals surface area contributed by atoms with Gasteiger partial charge in [-0.1, -0.05) is 88.7 Å². The van der Waals surface area contributed by atoms with Crippen molar-refractivity contribution in [3.63, 3.8) is 0 Å². The predicted octanol–water partition coefficient (Wildman–Crippen LogP) is 6.61. The van der Waals surface area contributed by atoms with Crippen molar-refractivity contribution in [2.75, 3.05) is 11.5 Å². The number of sulfone groups is 1. The van der Waals surface area contributed by atoms with Gasteiger partial charge in [-0.3, -0.25) is 9.59 Å². The summed E-state index contributed by atoms with van der Waals surface area (Å²) in [6.07, 6.45) is 4.97. The van der Waals surface area contributed by atoms with Crippen LogP contribution in [0.25, 0.3) is 0 Å². The predicted molar refractivity (Wildman–Crippen MR) is 155 cm³/mol. The minimum absolute atomic E-state index is 0.0753. The molecule has 1 fully saturated rings. The van der Waals surface area contributed by atoms with E-state index >= 15 is 0 Å². The van der Waals surface area contributed by atoms with Gasteiger partial charge in [-0.2, -0.15) is 0 Å². The first-order valence-electron chi connectivity index (χ1n) is 12.6. The Bertz CT molecular complexity index is 1230. The Hall–Kier alpha value is -2.09. The molecule has 1 N–H and O–H groups in total. The maximum Gasteiger partial charge on any atom is 0.304 e. The molecule has 1 saturated heterocycles. The lowest BCUT2D eigenvalue weighted by Gasteiger charge is -2.54. The fraction of sp³-hybridized carbons (Fsp3) is 0.517. The zero-order valence-corrected chi connectivity index (χ0v) is 25.3. The number of nitrogens with zero attached hydrogens (tertiary/aromatic N) is 1. The molecule has 1 aromatic rings. The van der Waals surface area contributed by atoms with E-state index < -0.39 is 57.0 Å². The third-order valence-electron chi connectivity index (χ3n) is 7.22. The van der Waals surface area contributed by atoms with Crippen LogP contribution in [0.1, 0.15) is 65.9 Å². The number of carboxylic acids is 1. The third kappa shape index (κ3) is 7.73. The summed E-state index contributed by atoms with van der Waals surface area (Å²) in [5, 5.41) is 10.8. The maximum atomic E-state index is 14.3. The van der Waals surface area contributed by atoms with Crippen LogP contribution in [0.4, 0.5) is 0 Å². The maximum absolute atomic E-state index is 14.3. The Morgan fingerprint density at radius 1 is 1.32 bits per heavy atom. The Morgan fingerprint density at radius 3 is 2.45 bits per heavy atom. The molecule has 1 amide bonds. The molecule has 0 radical (unpaired) electrons. The van der Waals surface area contributed by atoms with Crippen molar-refractivity contribution in [1.82, 2.24) is 4.90 Å². The molecular formula is C29H39Cl2NO5S. The second-order valence-electron chi connectivity index (χ2n) is 11.3. The van der Waals surface area contributed by atoms with Gasteiger partial charge in [0, 0.05) is 21.7 Å². The van der Waals surface area contributed by atoms with Crippen molar-refractivity contribution in [3.05, 3.63) is 70.3 Å². The molecule has 0 aromatic heterocycles. The molecule has 0 saturated carbocycles. The van der Waals surface area contributed by atoms with Crippen molar-refractivity contribution >= 4 is 44.9 Å². The van der Waals surface area contributed by atoms with Crippen LogP contribution in [0.3, 0.4) is 0 Å². The Kier molecular flexibility index (Phi) is 10.5. The van der Waals surface area contributed by atoms with Crippen LogP contribution in [0.2, 0.25) is 5.02 Å². The second kappa shape index (κ2) is 12.4. The van der Waals surface area contributed by atoms with E-state index in [0.717, 1.165) is 5.56 Å². The number of allylic oxidation sites excluding steroid dienone is 3. The highest BCUT2D eigenvalue weighted by Gasteiger charge is 2.54. The Balaban J connectivity index is 2.90. The van der Waals surface area contributed by atoms with Gasteiger partial charge in [-0.05, 0) is 48.1 Å². The number of aliphatic carboxylic acids is 1. The number of benzene rings is 1. The lowest BCUT2D eigenvalue weighted by molar-refractivity contribution is -0.160. The molecular weight excluding hydrogens is 545 g/mol. The SMILES string of the molecule is C=C(/C=C\C(Cl)=C/C)[C@@H]1[C@@H](c2cccc(Cl)c2)C[C@](C)(CC(=O)O)C(=O)N1[C@H](CS(=O)(=O)CC)C(C)(C)C. The van der Waals surface area contributed by atoms with E-state index in [2.05, 4.69) is 6.58 Å². The zero-order valence-electron chi connectivity index (χ0n) is 23.0. The number of hydrogen-bond donors (Lipinski definition) is 1. The molecule has 2 rings (SSSR count). The van der Waals surface area contributed by atoms with Gasteiger partial charge in [-0.25, -0.2) is 8.42 Å². The van der Waals surface area contributed by atoms with E-state index in [1.54, 1.807) is 56.0 Å². The fourth-order valence-corrected chi connectivity index (χ4v) is 6.73. The molecule has 1 aliphatic heterocycles. The summed E-state index contributed by atoms with van der Waals surface area (Å²) >= 11 is 12.6. The van der Waals surface area contributed by atoms with Gasteiger partial charge in [0.05, 0.1) is 29.7 Å². The fourth-order valence-electron chi connectivity index (χ4n) is 5.09. The van der Waals surface area contributed by atoms with Crippen LogP contribution in [0.5, 0.6) is 0 Å². The Labute approximate surface area is 237 Å². The van der Waals surface area contributed by atoms with Gasteiger partial charge in [0.2, 0.25) is 5.91 Å².